The number of terminal acetylenes is 1. The molecule has 1 saturated heterocycles. The molecular weight excluding hydrogens is 152 g/mol. The van der Waals surface area contributed by atoms with Crippen molar-refractivity contribution in [3.05, 3.63) is 0 Å². The fourth-order valence-electron chi connectivity index (χ4n) is 1.26. The molecule has 1 rings (SSSR count). The van der Waals surface area contributed by atoms with Gasteiger partial charge in [0, 0.05) is 0 Å². The van der Waals surface area contributed by atoms with Crippen molar-refractivity contribution >= 4 is 5.91 Å². The molecule has 2 atom stereocenters. The van der Waals surface area contributed by atoms with E-state index in [2.05, 4.69) is 16.6 Å². The van der Waals surface area contributed by atoms with E-state index in [0.717, 1.165) is 19.4 Å². The van der Waals surface area contributed by atoms with Gasteiger partial charge in [-0.2, -0.15) is 0 Å². The lowest BCUT2D eigenvalue weighted by Crippen LogP contribution is -2.43. The maximum atomic E-state index is 11.3. The van der Waals surface area contributed by atoms with Crippen molar-refractivity contribution in [3.63, 3.8) is 0 Å². The van der Waals surface area contributed by atoms with E-state index < -0.39 is 0 Å². The van der Waals surface area contributed by atoms with E-state index in [4.69, 9.17) is 6.42 Å². The number of rotatable bonds is 2. The van der Waals surface area contributed by atoms with E-state index in [0.29, 0.717) is 0 Å². The Morgan fingerprint density at radius 3 is 3.08 bits per heavy atom. The topological polar surface area (TPSA) is 41.1 Å². The molecule has 0 saturated carbocycles. The van der Waals surface area contributed by atoms with Crippen LogP contribution in [0.4, 0.5) is 0 Å². The predicted molar refractivity (Wildman–Crippen MR) is 47.5 cm³/mol. The number of hydrogen-bond acceptors (Lipinski definition) is 2. The average Bonchev–Trinajstić information content (AvgIpc) is 2.56. The second-order valence-corrected chi connectivity index (χ2v) is 3.05. The van der Waals surface area contributed by atoms with Crippen LogP contribution in [0.5, 0.6) is 0 Å². The smallest absolute Gasteiger partial charge is 0.238 e. The molecule has 0 aromatic rings. The van der Waals surface area contributed by atoms with E-state index in [1.54, 1.807) is 6.92 Å². The van der Waals surface area contributed by atoms with Crippen LogP contribution in [0.3, 0.4) is 0 Å². The molecule has 0 spiro atoms. The summed E-state index contributed by atoms with van der Waals surface area (Å²) >= 11 is 0. The van der Waals surface area contributed by atoms with Gasteiger partial charge in [0.05, 0.1) is 12.1 Å². The Morgan fingerprint density at radius 1 is 1.83 bits per heavy atom. The number of carbonyl (C=O) groups is 1. The third kappa shape index (κ3) is 2.24. The molecule has 3 heteroatoms. The first kappa shape index (κ1) is 9.08. The van der Waals surface area contributed by atoms with Gasteiger partial charge in [0.25, 0.3) is 0 Å². The van der Waals surface area contributed by atoms with Crippen molar-refractivity contribution in [3.8, 4) is 12.3 Å². The van der Waals surface area contributed by atoms with E-state index in [9.17, 15) is 4.79 Å². The normalized spacial score (nSPS) is 24.5. The summed E-state index contributed by atoms with van der Waals surface area (Å²) in [6.45, 7) is 2.73. The van der Waals surface area contributed by atoms with Gasteiger partial charge in [-0.1, -0.05) is 5.92 Å². The summed E-state index contributed by atoms with van der Waals surface area (Å²) in [6.07, 6.45) is 7.13. The minimum Gasteiger partial charge on any atom is -0.341 e. The predicted octanol–water partition coefficient (Wildman–Crippen LogP) is -0.124. The van der Waals surface area contributed by atoms with Crippen LogP contribution in [0, 0.1) is 12.3 Å². The number of amides is 1. The van der Waals surface area contributed by atoms with Crippen LogP contribution in [-0.2, 0) is 4.79 Å². The molecule has 1 aliphatic heterocycles. The van der Waals surface area contributed by atoms with Crippen molar-refractivity contribution < 1.29 is 4.79 Å². The van der Waals surface area contributed by atoms with Crippen LogP contribution in [0.1, 0.15) is 19.8 Å². The molecule has 1 heterocycles. The molecule has 0 radical (unpaired) electrons. The van der Waals surface area contributed by atoms with Crippen LogP contribution < -0.4 is 10.6 Å². The highest BCUT2D eigenvalue weighted by Crippen LogP contribution is 2.04. The molecule has 3 nitrogen and oxygen atoms in total. The second-order valence-electron chi connectivity index (χ2n) is 3.05. The van der Waals surface area contributed by atoms with Gasteiger partial charge in [0.15, 0.2) is 0 Å². The minimum absolute atomic E-state index is 0.0259. The third-order valence-corrected chi connectivity index (χ3v) is 1.99. The Kier molecular flexibility index (Phi) is 3.12. The molecule has 1 aliphatic rings. The van der Waals surface area contributed by atoms with E-state index in [-0.39, 0.29) is 18.0 Å². The maximum absolute atomic E-state index is 11.3. The molecule has 0 aromatic heterocycles. The molecule has 0 aromatic carbocycles. The van der Waals surface area contributed by atoms with Gasteiger partial charge in [-0.15, -0.1) is 6.42 Å². The first-order valence-electron chi connectivity index (χ1n) is 4.24. The fourth-order valence-corrected chi connectivity index (χ4v) is 1.26. The lowest BCUT2D eigenvalue weighted by molar-refractivity contribution is -0.123. The molecule has 1 amide bonds. The summed E-state index contributed by atoms with van der Waals surface area (Å²) in [6, 6.07) is -0.194. The Labute approximate surface area is 72.9 Å². The van der Waals surface area contributed by atoms with Crippen molar-refractivity contribution in [2.45, 2.75) is 31.8 Å². The molecular formula is C9H14N2O. The van der Waals surface area contributed by atoms with Crippen LogP contribution >= 0.6 is 0 Å². The Morgan fingerprint density at radius 2 is 2.58 bits per heavy atom. The molecule has 0 bridgehead atoms. The molecule has 12 heavy (non-hydrogen) atoms. The summed E-state index contributed by atoms with van der Waals surface area (Å²) in [7, 11) is 0. The Hall–Kier alpha value is -1.01. The summed E-state index contributed by atoms with van der Waals surface area (Å²) in [5.74, 6) is 2.49. The minimum atomic E-state index is -0.167. The quantitative estimate of drug-likeness (QED) is 0.561. The van der Waals surface area contributed by atoms with Gasteiger partial charge in [-0.3, -0.25) is 4.79 Å². The zero-order chi connectivity index (χ0) is 8.97. The van der Waals surface area contributed by atoms with E-state index >= 15 is 0 Å². The molecule has 1 fully saturated rings. The zero-order valence-corrected chi connectivity index (χ0v) is 7.26. The van der Waals surface area contributed by atoms with Crippen molar-refractivity contribution in [1.82, 2.24) is 10.6 Å². The number of carbonyl (C=O) groups excluding carboxylic acids is 1. The van der Waals surface area contributed by atoms with Crippen LogP contribution in [0.15, 0.2) is 0 Å². The SMILES string of the molecule is C#CC(C)NC(=O)[C@@H]1CCCN1. The molecule has 1 unspecified atom stereocenters. The first-order chi connectivity index (χ1) is 5.74. The summed E-state index contributed by atoms with van der Waals surface area (Å²) in [5, 5.41) is 5.84. The molecule has 66 valence electrons. The summed E-state index contributed by atoms with van der Waals surface area (Å²) in [5.41, 5.74) is 0. The van der Waals surface area contributed by atoms with Gasteiger partial charge in [0.2, 0.25) is 5.91 Å². The van der Waals surface area contributed by atoms with Crippen LogP contribution in [0.2, 0.25) is 0 Å². The molecule has 2 N–H and O–H groups in total. The second kappa shape index (κ2) is 4.13. The Balaban J connectivity index is 2.33. The van der Waals surface area contributed by atoms with Gasteiger partial charge in [0.1, 0.15) is 0 Å². The highest BCUT2D eigenvalue weighted by molar-refractivity contribution is 5.82. The lowest BCUT2D eigenvalue weighted by Gasteiger charge is -2.12. The van der Waals surface area contributed by atoms with Crippen molar-refractivity contribution in [2.75, 3.05) is 6.54 Å². The van der Waals surface area contributed by atoms with Crippen molar-refractivity contribution in [2.24, 2.45) is 0 Å². The average molecular weight is 166 g/mol. The number of hydrogen-bond donors (Lipinski definition) is 2. The van der Waals surface area contributed by atoms with Gasteiger partial charge in [-0.25, -0.2) is 0 Å². The highest BCUT2D eigenvalue weighted by Gasteiger charge is 2.22. The van der Waals surface area contributed by atoms with Gasteiger partial charge < -0.3 is 10.6 Å². The first-order valence-corrected chi connectivity index (χ1v) is 4.24. The standard InChI is InChI=1S/C9H14N2O/c1-3-7(2)11-9(12)8-5-4-6-10-8/h1,7-8,10H,4-6H2,2H3,(H,11,12)/t7?,8-/m0/s1. The van der Waals surface area contributed by atoms with Crippen molar-refractivity contribution in [1.29, 1.82) is 0 Å². The lowest BCUT2D eigenvalue weighted by atomic mass is 10.2. The van der Waals surface area contributed by atoms with Crippen LogP contribution in [-0.4, -0.2) is 24.5 Å². The van der Waals surface area contributed by atoms with Gasteiger partial charge in [-0.05, 0) is 26.3 Å². The maximum Gasteiger partial charge on any atom is 0.238 e. The monoisotopic (exact) mass is 166 g/mol. The van der Waals surface area contributed by atoms with E-state index in [1.807, 2.05) is 0 Å². The highest BCUT2D eigenvalue weighted by atomic mass is 16.2. The number of nitrogens with one attached hydrogen (secondary N) is 2. The Bertz CT molecular complexity index is 201. The van der Waals surface area contributed by atoms with Crippen LogP contribution in [0.25, 0.3) is 0 Å². The summed E-state index contributed by atoms with van der Waals surface area (Å²) in [4.78, 5) is 11.3. The third-order valence-electron chi connectivity index (χ3n) is 1.99. The van der Waals surface area contributed by atoms with Gasteiger partial charge >= 0.3 is 0 Å². The largest absolute Gasteiger partial charge is 0.341 e. The molecule has 0 aliphatic carbocycles. The van der Waals surface area contributed by atoms with E-state index in [1.165, 1.54) is 0 Å². The fraction of sp³-hybridized carbons (Fsp3) is 0.667. The zero-order valence-electron chi connectivity index (χ0n) is 7.26. The summed E-state index contributed by atoms with van der Waals surface area (Å²) < 4.78 is 0.